The zero-order valence-electron chi connectivity index (χ0n) is 10.9. The largest absolute Gasteiger partial charge is 0.416 e. The van der Waals surface area contributed by atoms with E-state index in [9.17, 15) is 13.2 Å². The predicted molar refractivity (Wildman–Crippen MR) is 68.2 cm³/mol. The zero-order valence-corrected chi connectivity index (χ0v) is 10.9. The van der Waals surface area contributed by atoms with Crippen LogP contribution in [0.4, 0.5) is 19.0 Å². The van der Waals surface area contributed by atoms with Gasteiger partial charge in [-0.05, 0) is 44.5 Å². The number of alkyl halides is 3. The van der Waals surface area contributed by atoms with Crippen molar-refractivity contribution in [3.8, 4) is 0 Å². The summed E-state index contributed by atoms with van der Waals surface area (Å²) in [4.78, 5) is 5.93. The first kappa shape index (κ1) is 14.1. The van der Waals surface area contributed by atoms with Gasteiger partial charge in [0.2, 0.25) is 0 Å². The van der Waals surface area contributed by atoms with Crippen molar-refractivity contribution in [3.63, 3.8) is 0 Å². The quantitative estimate of drug-likeness (QED) is 0.898. The fraction of sp³-hybridized carbons (Fsp3) is 0.615. The first-order chi connectivity index (χ1) is 8.98. The molecular formula is C13H18F3N3. The molecule has 1 aromatic rings. The number of nitrogens with one attached hydrogen (secondary N) is 1. The molecule has 0 aromatic carbocycles. The Labute approximate surface area is 110 Å². The van der Waals surface area contributed by atoms with Crippen LogP contribution in [-0.2, 0) is 6.18 Å². The van der Waals surface area contributed by atoms with E-state index in [1.807, 2.05) is 11.9 Å². The topological polar surface area (TPSA) is 28.2 Å². The lowest BCUT2D eigenvalue weighted by atomic mass is 10.1. The van der Waals surface area contributed by atoms with Crippen LogP contribution in [0.15, 0.2) is 18.3 Å². The van der Waals surface area contributed by atoms with E-state index < -0.39 is 11.7 Å². The molecule has 0 aliphatic carbocycles. The van der Waals surface area contributed by atoms with Crippen molar-refractivity contribution in [1.82, 2.24) is 10.3 Å². The van der Waals surface area contributed by atoms with E-state index >= 15 is 0 Å². The third kappa shape index (κ3) is 3.59. The lowest BCUT2D eigenvalue weighted by Gasteiger charge is -2.28. The van der Waals surface area contributed by atoms with Crippen LogP contribution in [0.1, 0.15) is 24.8 Å². The Balaban J connectivity index is 2.16. The van der Waals surface area contributed by atoms with Crippen LogP contribution in [-0.4, -0.2) is 31.2 Å². The van der Waals surface area contributed by atoms with E-state index in [1.165, 1.54) is 6.20 Å². The summed E-state index contributed by atoms with van der Waals surface area (Å²) in [6.07, 6.45) is -0.156. The second-order valence-corrected chi connectivity index (χ2v) is 4.85. The van der Waals surface area contributed by atoms with Gasteiger partial charge >= 0.3 is 6.18 Å². The van der Waals surface area contributed by atoms with E-state index in [0.29, 0.717) is 5.82 Å². The summed E-state index contributed by atoms with van der Waals surface area (Å²) in [6, 6.07) is 2.37. The molecule has 3 nitrogen and oxygen atoms in total. The Morgan fingerprint density at radius 1 is 1.32 bits per heavy atom. The fourth-order valence-corrected chi connectivity index (χ4v) is 2.36. The number of aromatic nitrogens is 1. The van der Waals surface area contributed by atoms with Gasteiger partial charge in [-0.1, -0.05) is 0 Å². The monoisotopic (exact) mass is 273 g/mol. The second-order valence-electron chi connectivity index (χ2n) is 4.85. The molecule has 19 heavy (non-hydrogen) atoms. The molecule has 2 rings (SSSR count). The molecule has 2 heterocycles. The van der Waals surface area contributed by atoms with Crippen molar-refractivity contribution in [2.24, 2.45) is 0 Å². The van der Waals surface area contributed by atoms with Crippen LogP contribution in [0.25, 0.3) is 0 Å². The van der Waals surface area contributed by atoms with Gasteiger partial charge in [-0.3, -0.25) is 0 Å². The summed E-state index contributed by atoms with van der Waals surface area (Å²) in [6.45, 7) is 1.87. The van der Waals surface area contributed by atoms with Gasteiger partial charge in [-0.15, -0.1) is 0 Å². The third-order valence-corrected chi connectivity index (χ3v) is 3.53. The molecule has 1 N–H and O–H groups in total. The molecule has 0 spiro atoms. The van der Waals surface area contributed by atoms with Gasteiger partial charge in [-0.25, -0.2) is 4.98 Å². The highest BCUT2D eigenvalue weighted by molar-refractivity contribution is 5.42. The standard InChI is InChI=1S/C13H18F3N3/c1-19(11-3-2-6-17-7-5-11)12-9-10(4-8-18-12)13(14,15)16/h4,8-9,11,17H,2-3,5-7H2,1H3. The molecule has 1 aliphatic heterocycles. The summed E-state index contributed by atoms with van der Waals surface area (Å²) in [5.74, 6) is 0.390. The first-order valence-corrected chi connectivity index (χ1v) is 6.45. The molecule has 0 bridgehead atoms. The first-order valence-electron chi connectivity index (χ1n) is 6.45. The summed E-state index contributed by atoms with van der Waals surface area (Å²) in [5, 5.41) is 3.29. The highest BCUT2D eigenvalue weighted by Crippen LogP contribution is 2.31. The SMILES string of the molecule is CN(c1cc(C(F)(F)F)ccn1)C1CCCNCC1. The molecular weight excluding hydrogens is 255 g/mol. The molecule has 0 saturated carbocycles. The summed E-state index contributed by atoms with van der Waals surface area (Å²) in [7, 11) is 1.82. The van der Waals surface area contributed by atoms with Gasteiger partial charge in [0.15, 0.2) is 0 Å². The van der Waals surface area contributed by atoms with E-state index in [-0.39, 0.29) is 6.04 Å². The summed E-state index contributed by atoms with van der Waals surface area (Å²) < 4.78 is 38.0. The van der Waals surface area contributed by atoms with Gasteiger partial charge in [0, 0.05) is 19.3 Å². The maximum Gasteiger partial charge on any atom is 0.416 e. The van der Waals surface area contributed by atoms with Crippen molar-refractivity contribution < 1.29 is 13.2 Å². The Morgan fingerprint density at radius 3 is 2.84 bits per heavy atom. The van der Waals surface area contributed by atoms with Crippen molar-refractivity contribution in [1.29, 1.82) is 0 Å². The number of pyridine rings is 1. The molecule has 1 fully saturated rings. The molecule has 0 radical (unpaired) electrons. The van der Waals surface area contributed by atoms with E-state index in [2.05, 4.69) is 10.3 Å². The van der Waals surface area contributed by atoms with E-state index in [0.717, 1.165) is 44.5 Å². The Bertz CT molecular complexity index is 412. The predicted octanol–water partition coefficient (Wildman–Crippen LogP) is 2.68. The average molecular weight is 273 g/mol. The minimum Gasteiger partial charge on any atom is -0.357 e. The van der Waals surface area contributed by atoms with Crippen molar-refractivity contribution >= 4 is 5.82 Å². The van der Waals surface area contributed by atoms with Crippen LogP contribution >= 0.6 is 0 Å². The van der Waals surface area contributed by atoms with Gasteiger partial charge in [0.1, 0.15) is 5.82 Å². The normalized spacial score (nSPS) is 20.9. The minimum atomic E-state index is -4.32. The van der Waals surface area contributed by atoms with Crippen molar-refractivity contribution in [2.75, 3.05) is 25.0 Å². The van der Waals surface area contributed by atoms with Gasteiger partial charge < -0.3 is 10.2 Å². The highest BCUT2D eigenvalue weighted by Gasteiger charge is 2.31. The molecule has 1 aliphatic rings. The number of halogens is 3. The van der Waals surface area contributed by atoms with Gasteiger partial charge in [-0.2, -0.15) is 13.2 Å². The Kier molecular flexibility index (Phi) is 4.29. The third-order valence-electron chi connectivity index (χ3n) is 3.53. The molecule has 1 saturated heterocycles. The zero-order chi connectivity index (χ0) is 13.9. The van der Waals surface area contributed by atoms with Crippen LogP contribution in [0, 0.1) is 0 Å². The minimum absolute atomic E-state index is 0.242. The van der Waals surface area contributed by atoms with Crippen LogP contribution in [0.5, 0.6) is 0 Å². The van der Waals surface area contributed by atoms with E-state index in [4.69, 9.17) is 0 Å². The van der Waals surface area contributed by atoms with Crippen LogP contribution in [0.3, 0.4) is 0 Å². The van der Waals surface area contributed by atoms with Crippen molar-refractivity contribution in [2.45, 2.75) is 31.5 Å². The van der Waals surface area contributed by atoms with Gasteiger partial charge in [0.25, 0.3) is 0 Å². The molecule has 0 amide bonds. The number of hydrogen-bond donors (Lipinski definition) is 1. The Morgan fingerprint density at radius 2 is 2.11 bits per heavy atom. The Hall–Kier alpha value is -1.30. The molecule has 1 atom stereocenters. The lowest BCUT2D eigenvalue weighted by molar-refractivity contribution is -0.137. The van der Waals surface area contributed by atoms with Crippen LogP contribution < -0.4 is 10.2 Å². The maximum atomic E-state index is 12.7. The number of nitrogens with zero attached hydrogens (tertiary/aromatic N) is 2. The number of hydrogen-bond acceptors (Lipinski definition) is 3. The highest BCUT2D eigenvalue weighted by atomic mass is 19.4. The summed E-state index contributed by atoms with van der Waals surface area (Å²) in [5.41, 5.74) is -0.643. The fourth-order valence-electron chi connectivity index (χ4n) is 2.36. The summed E-state index contributed by atoms with van der Waals surface area (Å²) >= 11 is 0. The van der Waals surface area contributed by atoms with Gasteiger partial charge in [0.05, 0.1) is 5.56 Å². The smallest absolute Gasteiger partial charge is 0.357 e. The molecule has 1 aromatic heterocycles. The molecule has 6 heteroatoms. The maximum absolute atomic E-state index is 12.7. The van der Waals surface area contributed by atoms with Crippen LogP contribution in [0.2, 0.25) is 0 Å². The van der Waals surface area contributed by atoms with Crippen molar-refractivity contribution in [3.05, 3.63) is 23.9 Å². The number of rotatable bonds is 2. The average Bonchev–Trinajstić information content (AvgIpc) is 2.66. The molecule has 106 valence electrons. The second kappa shape index (κ2) is 5.77. The lowest BCUT2D eigenvalue weighted by Crippen LogP contribution is -2.33. The molecule has 1 unspecified atom stereocenters. The van der Waals surface area contributed by atoms with E-state index in [1.54, 1.807) is 0 Å². The number of anilines is 1.